The normalized spacial score (nSPS) is 18.8. The third kappa shape index (κ3) is 6.45. The molecule has 1 aliphatic carbocycles. The Balaban J connectivity index is 2.30. The van der Waals surface area contributed by atoms with Crippen LogP contribution in [0.2, 0.25) is 0 Å². The van der Waals surface area contributed by atoms with Crippen molar-refractivity contribution in [3.05, 3.63) is 0 Å². The predicted octanol–water partition coefficient (Wildman–Crippen LogP) is 1.92. The molecule has 0 aromatic rings. The zero-order chi connectivity index (χ0) is 14.1. The summed E-state index contributed by atoms with van der Waals surface area (Å²) in [6, 6.07) is -0.473. The van der Waals surface area contributed by atoms with Crippen LogP contribution in [0.1, 0.15) is 58.8 Å². The van der Waals surface area contributed by atoms with Crippen molar-refractivity contribution < 1.29 is 9.59 Å². The van der Waals surface area contributed by atoms with Gasteiger partial charge in [-0.2, -0.15) is 0 Å². The molecule has 1 rings (SSSR count). The standard InChI is InChI=1S/C14H27N3O2/c1-3-15-13(18)11(2)16-14(19)17-12-9-7-5-4-6-8-10-12/h11-12H,3-10H2,1-2H3,(H,15,18)(H2,16,17,19)/t11-/m1/s1. The highest BCUT2D eigenvalue weighted by Crippen LogP contribution is 2.16. The van der Waals surface area contributed by atoms with E-state index in [-0.39, 0.29) is 18.0 Å². The molecule has 0 aliphatic heterocycles. The van der Waals surface area contributed by atoms with Crippen LogP contribution < -0.4 is 16.0 Å². The monoisotopic (exact) mass is 269 g/mol. The number of carbonyl (C=O) groups excluding carboxylic acids is 2. The number of hydrogen-bond acceptors (Lipinski definition) is 2. The summed E-state index contributed by atoms with van der Waals surface area (Å²) in [7, 11) is 0. The topological polar surface area (TPSA) is 70.2 Å². The Morgan fingerprint density at radius 3 is 2.26 bits per heavy atom. The van der Waals surface area contributed by atoms with Crippen molar-refractivity contribution >= 4 is 11.9 Å². The van der Waals surface area contributed by atoms with Crippen LogP contribution >= 0.6 is 0 Å². The van der Waals surface area contributed by atoms with Crippen molar-refractivity contribution in [2.24, 2.45) is 0 Å². The average Bonchev–Trinajstić information content (AvgIpc) is 2.32. The van der Waals surface area contributed by atoms with E-state index < -0.39 is 6.04 Å². The summed E-state index contributed by atoms with van der Waals surface area (Å²) in [4.78, 5) is 23.3. The fourth-order valence-electron chi connectivity index (χ4n) is 2.42. The molecule has 0 unspecified atom stereocenters. The second-order valence-corrected chi connectivity index (χ2v) is 5.28. The first kappa shape index (κ1) is 15.8. The molecule has 110 valence electrons. The van der Waals surface area contributed by atoms with Gasteiger partial charge in [-0.05, 0) is 26.7 Å². The van der Waals surface area contributed by atoms with E-state index in [1.54, 1.807) is 6.92 Å². The molecule has 0 aromatic carbocycles. The van der Waals surface area contributed by atoms with Crippen LogP contribution in [0, 0.1) is 0 Å². The lowest BCUT2D eigenvalue weighted by Crippen LogP contribution is -2.50. The van der Waals surface area contributed by atoms with Crippen molar-refractivity contribution in [2.75, 3.05) is 6.54 Å². The van der Waals surface area contributed by atoms with Gasteiger partial charge >= 0.3 is 6.03 Å². The predicted molar refractivity (Wildman–Crippen MR) is 75.9 cm³/mol. The summed E-state index contributed by atoms with van der Waals surface area (Å²) in [6.45, 7) is 4.14. The van der Waals surface area contributed by atoms with Crippen LogP contribution in [-0.4, -0.2) is 30.6 Å². The molecular weight excluding hydrogens is 242 g/mol. The Bertz CT molecular complexity index is 286. The third-order valence-electron chi connectivity index (χ3n) is 3.53. The minimum absolute atomic E-state index is 0.143. The molecule has 3 amide bonds. The molecule has 0 heterocycles. The number of carbonyl (C=O) groups is 2. The number of urea groups is 1. The molecule has 1 aliphatic rings. The lowest BCUT2D eigenvalue weighted by molar-refractivity contribution is -0.122. The summed E-state index contributed by atoms with van der Waals surface area (Å²) in [5, 5.41) is 8.36. The molecule has 19 heavy (non-hydrogen) atoms. The Morgan fingerprint density at radius 2 is 1.68 bits per heavy atom. The van der Waals surface area contributed by atoms with Gasteiger partial charge in [0.1, 0.15) is 6.04 Å². The lowest BCUT2D eigenvalue weighted by atomic mass is 9.97. The van der Waals surface area contributed by atoms with Gasteiger partial charge in [-0.25, -0.2) is 4.79 Å². The van der Waals surface area contributed by atoms with Gasteiger partial charge in [-0.3, -0.25) is 4.79 Å². The number of nitrogens with one attached hydrogen (secondary N) is 3. The summed E-state index contributed by atoms with van der Waals surface area (Å²) < 4.78 is 0. The van der Waals surface area contributed by atoms with Crippen molar-refractivity contribution in [2.45, 2.75) is 70.9 Å². The van der Waals surface area contributed by atoms with E-state index in [1.807, 2.05) is 6.92 Å². The van der Waals surface area contributed by atoms with E-state index in [4.69, 9.17) is 0 Å². The van der Waals surface area contributed by atoms with Gasteiger partial charge in [0.25, 0.3) is 0 Å². The molecule has 1 fully saturated rings. The van der Waals surface area contributed by atoms with Gasteiger partial charge in [-0.15, -0.1) is 0 Å². The maximum Gasteiger partial charge on any atom is 0.315 e. The number of likely N-dealkylation sites (N-methyl/N-ethyl adjacent to an activating group) is 1. The molecule has 1 saturated carbocycles. The first-order valence-corrected chi connectivity index (χ1v) is 7.48. The second kappa shape index (κ2) is 8.77. The van der Waals surface area contributed by atoms with Gasteiger partial charge in [0.05, 0.1) is 0 Å². The van der Waals surface area contributed by atoms with Crippen molar-refractivity contribution in [1.82, 2.24) is 16.0 Å². The third-order valence-corrected chi connectivity index (χ3v) is 3.53. The highest BCUT2D eigenvalue weighted by Gasteiger charge is 2.17. The largest absolute Gasteiger partial charge is 0.355 e. The number of rotatable bonds is 4. The summed E-state index contributed by atoms with van der Waals surface area (Å²) >= 11 is 0. The SMILES string of the molecule is CCNC(=O)[C@@H](C)NC(=O)NC1CCCCCCC1. The van der Waals surface area contributed by atoms with Crippen molar-refractivity contribution in [3.63, 3.8) is 0 Å². The quantitative estimate of drug-likeness (QED) is 0.730. The fraction of sp³-hybridized carbons (Fsp3) is 0.857. The maximum atomic E-state index is 11.8. The molecule has 0 saturated heterocycles. The van der Waals surface area contributed by atoms with Gasteiger partial charge in [0.2, 0.25) is 5.91 Å². The van der Waals surface area contributed by atoms with E-state index >= 15 is 0 Å². The van der Waals surface area contributed by atoms with Crippen molar-refractivity contribution in [3.8, 4) is 0 Å². The zero-order valence-corrected chi connectivity index (χ0v) is 12.1. The summed E-state index contributed by atoms with van der Waals surface area (Å²) in [5.74, 6) is -0.143. The minimum atomic E-state index is -0.492. The molecule has 5 heteroatoms. The van der Waals surface area contributed by atoms with Crippen LogP contribution in [0.25, 0.3) is 0 Å². The number of amides is 3. The summed E-state index contributed by atoms with van der Waals surface area (Å²) in [6.07, 6.45) is 8.27. The second-order valence-electron chi connectivity index (χ2n) is 5.28. The molecule has 0 radical (unpaired) electrons. The van der Waals surface area contributed by atoms with E-state index in [9.17, 15) is 9.59 Å². The highest BCUT2D eigenvalue weighted by atomic mass is 16.2. The van der Waals surface area contributed by atoms with E-state index in [0.29, 0.717) is 6.54 Å². The van der Waals surface area contributed by atoms with E-state index in [2.05, 4.69) is 16.0 Å². The van der Waals surface area contributed by atoms with Crippen LogP contribution in [0.5, 0.6) is 0 Å². The Hall–Kier alpha value is -1.26. The Labute approximate surface area is 115 Å². The van der Waals surface area contributed by atoms with Crippen LogP contribution in [0.4, 0.5) is 4.79 Å². The van der Waals surface area contributed by atoms with Gasteiger partial charge < -0.3 is 16.0 Å². The van der Waals surface area contributed by atoms with E-state index in [0.717, 1.165) is 12.8 Å². The number of hydrogen-bond donors (Lipinski definition) is 3. The maximum absolute atomic E-state index is 11.8. The average molecular weight is 269 g/mol. The van der Waals surface area contributed by atoms with Gasteiger partial charge in [0, 0.05) is 12.6 Å². The van der Waals surface area contributed by atoms with Crippen LogP contribution in [0.15, 0.2) is 0 Å². The first-order valence-electron chi connectivity index (χ1n) is 7.48. The zero-order valence-electron chi connectivity index (χ0n) is 12.1. The Morgan fingerprint density at radius 1 is 1.11 bits per heavy atom. The lowest BCUT2D eigenvalue weighted by Gasteiger charge is -2.22. The van der Waals surface area contributed by atoms with Gasteiger partial charge in [0.15, 0.2) is 0 Å². The smallest absolute Gasteiger partial charge is 0.315 e. The Kier molecular flexibility index (Phi) is 7.30. The molecule has 5 nitrogen and oxygen atoms in total. The molecule has 0 spiro atoms. The minimum Gasteiger partial charge on any atom is -0.355 e. The molecule has 3 N–H and O–H groups in total. The first-order chi connectivity index (χ1) is 9.13. The van der Waals surface area contributed by atoms with Crippen LogP contribution in [0.3, 0.4) is 0 Å². The molecule has 0 aromatic heterocycles. The molecule has 1 atom stereocenters. The fourth-order valence-corrected chi connectivity index (χ4v) is 2.42. The molecule has 0 bridgehead atoms. The van der Waals surface area contributed by atoms with E-state index in [1.165, 1.54) is 32.1 Å². The van der Waals surface area contributed by atoms with Crippen molar-refractivity contribution in [1.29, 1.82) is 0 Å². The molecular formula is C14H27N3O2. The highest BCUT2D eigenvalue weighted by molar-refractivity contribution is 5.86. The summed E-state index contributed by atoms with van der Waals surface area (Å²) in [5.41, 5.74) is 0. The van der Waals surface area contributed by atoms with Crippen LogP contribution in [-0.2, 0) is 4.79 Å². The van der Waals surface area contributed by atoms with Gasteiger partial charge in [-0.1, -0.05) is 32.1 Å².